The zero-order chi connectivity index (χ0) is 24.7. The van der Waals surface area contributed by atoms with E-state index in [4.69, 9.17) is 10.00 Å². The third-order valence-corrected chi connectivity index (χ3v) is 6.63. The molecule has 0 heterocycles. The van der Waals surface area contributed by atoms with Crippen LogP contribution < -0.4 is 4.90 Å². The number of carbonyl (C=O) groups excluding carboxylic acids is 1. The maximum absolute atomic E-state index is 13.6. The summed E-state index contributed by atoms with van der Waals surface area (Å²) < 4.78 is 34.1. The van der Waals surface area contributed by atoms with Crippen molar-refractivity contribution in [2.45, 2.75) is 78.2 Å². The normalized spacial score (nSPS) is 12.7. The van der Waals surface area contributed by atoms with Crippen LogP contribution in [-0.4, -0.2) is 44.6 Å². The molecule has 0 aliphatic heterocycles. The summed E-state index contributed by atoms with van der Waals surface area (Å²) >= 11 is 0. The molecule has 32 heavy (non-hydrogen) atoms. The number of amides is 1. The van der Waals surface area contributed by atoms with Gasteiger partial charge in [0, 0.05) is 32.2 Å². The van der Waals surface area contributed by atoms with Crippen LogP contribution in [0.4, 0.5) is 10.5 Å². The second-order valence-electron chi connectivity index (χ2n) is 10.4. The van der Waals surface area contributed by atoms with E-state index in [2.05, 4.69) is 6.07 Å². The van der Waals surface area contributed by atoms with Gasteiger partial charge in [-0.15, -0.1) is 0 Å². The number of rotatable bonds is 10. The Kier molecular flexibility index (Phi) is 9.73. The van der Waals surface area contributed by atoms with E-state index < -0.39 is 21.7 Å². The highest BCUT2D eigenvalue weighted by Crippen LogP contribution is 2.30. The first-order valence-corrected chi connectivity index (χ1v) is 12.5. The standard InChI is InChI=1S/C24H39N3O4S/c1-19(2)17-27(18-24(6,7)14-9-10-15-25)32(29,30)21-13-11-12-20(16-21)26(8)22(28)31-23(3,4)5/h11-13,16,19H,9-10,14,17-18H2,1-8H3. The van der Waals surface area contributed by atoms with Crippen molar-refractivity contribution < 1.29 is 17.9 Å². The number of nitriles is 1. The lowest BCUT2D eigenvalue weighted by Gasteiger charge is -2.33. The number of ether oxygens (including phenoxy) is 1. The van der Waals surface area contributed by atoms with Crippen LogP contribution in [0.2, 0.25) is 0 Å². The zero-order valence-electron chi connectivity index (χ0n) is 20.8. The van der Waals surface area contributed by atoms with Gasteiger partial charge in [-0.2, -0.15) is 9.57 Å². The van der Waals surface area contributed by atoms with Gasteiger partial charge in [0.1, 0.15) is 5.60 Å². The van der Waals surface area contributed by atoms with Crippen LogP contribution in [-0.2, 0) is 14.8 Å². The molecule has 1 rings (SSSR count). The maximum atomic E-state index is 13.6. The Morgan fingerprint density at radius 1 is 1.19 bits per heavy atom. The summed E-state index contributed by atoms with van der Waals surface area (Å²) in [4.78, 5) is 13.9. The molecule has 0 N–H and O–H groups in total. The second-order valence-corrected chi connectivity index (χ2v) is 12.3. The molecule has 0 atom stereocenters. The molecule has 0 aromatic heterocycles. The number of unbranched alkanes of at least 4 members (excludes halogenated alkanes) is 1. The van der Waals surface area contributed by atoms with Gasteiger partial charge in [-0.3, -0.25) is 4.90 Å². The second kappa shape index (κ2) is 11.2. The maximum Gasteiger partial charge on any atom is 0.414 e. The van der Waals surface area contributed by atoms with Crippen molar-refractivity contribution in [3.63, 3.8) is 0 Å². The van der Waals surface area contributed by atoms with Crippen LogP contribution in [0.15, 0.2) is 29.2 Å². The Labute approximate surface area is 194 Å². The van der Waals surface area contributed by atoms with Crippen molar-refractivity contribution in [3.05, 3.63) is 24.3 Å². The van der Waals surface area contributed by atoms with Gasteiger partial charge < -0.3 is 4.74 Å². The van der Waals surface area contributed by atoms with Gasteiger partial charge >= 0.3 is 6.09 Å². The van der Waals surface area contributed by atoms with Crippen LogP contribution in [0.5, 0.6) is 0 Å². The largest absolute Gasteiger partial charge is 0.443 e. The summed E-state index contributed by atoms with van der Waals surface area (Å²) in [7, 11) is -2.23. The molecular weight excluding hydrogens is 426 g/mol. The van der Waals surface area contributed by atoms with Crippen LogP contribution in [0.25, 0.3) is 0 Å². The van der Waals surface area contributed by atoms with Crippen molar-refractivity contribution in [1.82, 2.24) is 4.31 Å². The SMILES string of the molecule is CC(C)CN(CC(C)(C)CCCC#N)S(=O)(=O)c1cccc(N(C)C(=O)OC(C)(C)C)c1. The van der Waals surface area contributed by atoms with Gasteiger partial charge in [0.05, 0.1) is 11.0 Å². The Hall–Kier alpha value is -2.11. The van der Waals surface area contributed by atoms with Gasteiger partial charge in [-0.05, 0) is 63.1 Å². The molecule has 0 radical (unpaired) electrons. The number of hydrogen-bond donors (Lipinski definition) is 0. The molecule has 0 spiro atoms. The molecule has 1 aromatic carbocycles. The van der Waals surface area contributed by atoms with Crippen molar-refractivity contribution in [2.24, 2.45) is 11.3 Å². The van der Waals surface area contributed by atoms with Gasteiger partial charge in [0.25, 0.3) is 0 Å². The lowest BCUT2D eigenvalue weighted by molar-refractivity contribution is 0.0589. The van der Waals surface area contributed by atoms with E-state index in [0.29, 0.717) is 25.2 Å². The number of benzene rings is 1. The minimum Gasteiger partial charge on any atom is -0.443 e. The van der Waals surface area contributed by atoms with Crippen molar-refractivity contribution in [3.8, 4) is 6.07 Å². The molecule has 0 unspecified atom stereocenters. The van der Waals surface area contributed by atoms with Crippen LogP contribution in [0, 0.1) is 22.7 Å². The fraction of sp³-hybridized carbons (Fsp3) is 0.667. The first-order valence-electron chi connectivity index (χ1n) is 11.0. The minimum absolute atomic E-state index is 0.138. The molecule has 0 saturated carbocycles. The van der Waals surface area contributed by atoms with E-state index in [-0.39, 0.29) is 16.2 Å². The Balaban J connectivity index is 3.22. The molecule has 0 aliphatic carbocycles. The number of carbonyl (C=O) groups is 1. The first-order chi connectivity index (χ1) is 14.6. The quantitative estimate of drug-likeness (QED) is 0.430. The minimum atomic E-state index is -3.79. The summed E-state index contributed by atoms with van der Waals surface area (Å²) in [5.74, 6) is 0.146. The van der Waals surface area contributed by atoms with Crippen molar-refractivity contribution in [2.75, 3.05) is 25.0 Å². The summed E-state index contributed by atoms with van der Waals surface area (Å²) in [6.45, 7) is 14.1. The summed E-state index contributed by atoms with van der Waals surface area (Å²) in [5.41, 5.74) is -0.484. The average molecular weight is 466 g/mol. The van der Waals surface area contributed by atoms with E-state index in [1.807, 2.05) is 27.7 Å². The predicted molar refractivity (Wildman–Crippen MR) is 128 cm³/mol. The molecule has 0 saturated heterocycles. The van der Waals surface area contributed by atoms with E-state index in [0.717, 1.165) is 12.8 Å². The topological polar surface area (TPSA) is 90.7 Å². The number of hydrogen-bond acceptors (Lipinski definition) is 5. The van der Waals surface area contributed by atoms with Crippen molar-refractivity contribution in [1.29, 1.82) is 5.26 Å². The lowest BCUT2D eigenvalue weighted by Crippen LogP contribution is -2.41. The van der Waals surface area contributed by atoms with Gasteiger partial charge in [0.2, 0.25) is 10.0 Å². The molecule has 0 bridgehead atoms. The third kappa shape index (κ3) is 8.79. The highest BCUT2D eigenvalue weighted by molar-refractivity contribution is 7.89. The summed E-state index contributed by atoms with van der Waals surface area (Å²) in [6.07, 6.45) is 1.39. The summed E-state index contributed by atoms with van der Waals surface area (Å²) in [5, 5.41) is 8.82. The number of sulfonamides is 1. The van der Waals surface area contributed by atoms with E-state index >= 15 is 0 Å². The van der Waals surface area contributed by atoms with E-state index in [1.54, 1.807) is 46.0 Å². The monoisotopic (exact) mass is 465 g/mol. The first kappa shape index (κ1) is 27.9. The summed E-state index contributed by atoms with van der Waals surface area (Å²) in [6, 6.07) is 8.53. The fourth-order valence-electron chi connectivity index (χ4n) is 3.29. The molecule has 7 nitrogen and oxygen atoms in total. The fourth-order valence-corrected chi connectivity index (χ4v) is 5.13. The smallest absolute Gasteiger partial charge is 0.414 e. The number of anilines is 1. The van der Waals surface area contributed by atoms with Crippen molar-refractivity contribution >= 4 is 21.8 Å². The van der Waals surface area contributed by atoms with E-state index in [1.165, 1.54) is 15.3 Å². The van der Waals surface area contributed by atoms with Crippen LogP contribution in [0.3, 0.4) is 0 Å². The Morgan fingerprint density at radius 3 is 2.34 bits per heavy atom. The highest BCUT2D eigenvalue weighted by atomic mass is 32.2. The van der Waals surface area contributed by atoms with Crippen LogP contribution >= 0.6 is 0 Å². The molecule has 0 fully saturated rings. The predicted octanol–water partition coefficient (Wildman–Crippen LogP) is 5.42. The zero-order valence-corrected chi connectivity index (χ0v) is 21.6. The number of nitrogens with zero attached hydrogens (tertiary/aromatic N) is 3. The van der Waals surface area contributed by atoms with Gasteiger partial charge in [0.15, 0.2) is 0 Å². The van der Waals surface area contributed by atoms with Gasteiger partial charge in [-0.25, -0.2) is 13.2 Å². The lowest BCUT2D eigenvalue weighted by atomic mass is 9.87. The Morgan fingerprint density at radius 2 is 1.81 bits per heavy atom. The molecule has 1 amide bonds. The molecule has 8 heteroatoms. The highest BCUT2D eigenvalue weighted by Gasteiger charge is 2.32. The van der Waals surface area contributed by atoms with E-state index in [9.17, 15) is 13.2 Å². The van der Waals surface area contributed by atoms with Gasteiger partial charge in [-0.1, -0.05) is 33.8 Å². The van der Waals surface area contributed by atoms with Crippen LogP contribution in [0.1, 0.15) is 67.7 Å². The third-order valence-electron chi connectivity index (χ3n) is 4.83. The molecule has 180 valence electrons. The average Bonchev–Trinajstić information content (AvgIpc) is 2.65. The molecule has 0 aliphatic rings. The molecule has 1 aromatic rings. The molecular formula is C24H39N3O4S. The Bertz CT molecular complexity index is 912.